The van der Waals surface area contributed by atoms with Crippen LogP contribution in [0.25, 0.3) is 12.2 Å². The number of hydrogen-bond acceptors (Lipinski definition) is 9. The van der Waals surface area contributed by atoms with E-state index in [0.29, 0.717) is 45.6 Å². The number of benzene rings is 2. The molecule has 10 nitrogen and oxygen atoms in total. The molecule has 37 heavy (non-hydrogen) atoms. The van der Waals surface area contributed by atoms with E-state index >= 15 is 0 Å². The highest BCUT2D eigenvalue weighted by Gasteiger charge is 2.14. The minimum atomic E-state index is -0.566. The van der Waals surface area contributed by atoms with Crippen molar-refractivity contribution in [3.63, 3.8) is 0 Å². The molecule has 2 aromatic carbocycles. The van der Waals surface area contributed by atoms with Crippen LogP contribution in [0.2, 0.25) is 0 Å². The highest BCUT2D eigenvalue weighted by atomic mass is 16.5. The highest BCUT2D eigenvalue weighted by molar-refractivity contribution is 5.92. The van der Waals surface area contributed by atoms with Gasteiger partial charge in [-0.3, -0.25) is 4.79 Å². The third-order valence-corrected chi connectivity index (χ3v) is 5.09. The fraction of sp³-hybridized carbons (Fsp3) is 0.333. The number of rotatable bonds is 13. The van der Waals surface area contributed by atoms with Crippen molar-refractivity contribution < 1.29 is 42.7 Å². The van der Waals surface area contributed by atoms with Gasteiger partial charge in [-0.25, -0.2) is 4.79 Å². The van der Waals surface area contributed by atoms with Gasteiger partial charge in [0.1, 0.15) is 6.10 Å². The van der Waals surface area contributed by atoms with Crippen molar-refractivity contribution in [3.05, 3.63) is 47.5 Å². The van der Waals surface area contributed by atoms with Crippen LogP contribution < -0.4 is 33.7 Å². The molecule has 0 spiro atoms. The van der Waals surface area contributed by atoms with Crippen molar-refractivity contribution in [2.75, 3.05) is 49.2 Å². The fourth-order valence-corrected chi connectivity index (χ4v) is 3.31. The zero-order valence-corrected chi connectivity index (χ0v) is 22.1. The quantitative estimate of drug-likeness (QED) is 0.316. The predicted octanol–water partition coefficient (Wildman–Crippen LogP) is 3.51. The Morgan fingerprint density at radius 2 is 1.11 bits per heavy atom. The van der Waals surface area contributed by atoms with Crippen LogP contribution in [0.15, 0.2) is 36.4 Å². The number of amides is 1. The third-order valence-electron chi connectivity index (χ3n) is 5.09. The average molecular weight is 516 g/mol. The molecule has 0 saturated heterocycles. The number of hydrogen-bond donors (Lipinski definition) is 1. The summed E-state index contributed by atoms with van der Waals surface area (Å²) < 4.78 is 37.2. The van der Waals surface area contributed by atoms with E-state index in [1.165, 1.54) is 54.8 Å². The van der Waals surface area contributed by atoms with Crippen LogP contribution in [-0.2, 0) is 14.3 Å². The van der Waals surface area contributed by atoms with E-state index < -0.39 is 12.1 Å². The lowest BCUT2D eigenvalue weighted by molar-refractivity contribution is -0.142. The van der Waals surface area contributed by atoms with Crippen LogP contribution >= 0.6 is 0 Å². The van der Waals surface area contributed by atoms with E-state index in [1.807, 2.05) is 0 Å². The first-order valence-corrected chi connectivity index (χ1v) is 11.2. The van der Waals surface area contributed by atoms with E-state index in [4.69, 9.17) is 33.2 Å². The van der Waals surface area contributed by atoms with Crippen LogP contribution in [-0.4, -0.2) is 67.2 Å². The topological polar surface area (TPSA) is 111 Å². The molecule has 1 unspecified atom stereocenters. The zero-order valence-electron chi connectivity index (χ0n) is 22.1. The molecule has 0 bridgehead atoms. The standard InChI is InChI=1S/C27H33NO9/c1-17(37-25(30)11-9-19-14-22(33-4)27(36-7)23(15-19)34-5)16-28-24(29)10-8-18-12-20(31-2)26(35-6)21(13-18)32-3/h8-15,17H,16H2,1-7H3,(H,28,29). The Kier molecular flexibility index (Phi) is 11.1. The second kappa shape index (κ2) is 14.3. The summed E-state index contributed by atoms with van der Waals surface area (Å²) in [5, 5.41) is 2.69. The van der Waals surface area contributed by atoms with Gasteiger partial charge < -0.3 is 38.5 Å². The Labute approximate surface area is 216 Å². The Hall–Kier alpha value is -4.34. The lowest BCUT2D eigenvalue weighted by Gasteiger charge is -2.13. The summed E-state index contributed by atoms with van der Waals surface area (Å²) in [7, 11) is 9.07. The Balaban J connectivity index is 1.93. The van der Waals surface area contributed by atoms with Gasteiger partial charge in [0, 0.05) is 12.2 Å². The summed E-state index contributed by atoms with van der Waals surface area (Å²) in [6, 6.07) is 6.84. The molecule has 0 aliphatic rings. The summed E-state index contributed by atoms with van der Waals surface area (Å²) in [6.07, 6.45) is 5.26. The molecular weight excluding hydrogens is 482 g/mol. The molecule has 200 valence electrons. The minimum absolute atomic E-state index is 0.127. The highest BCUT2D eigenvalue weighted by Crippen LogP contribution is 2.39. The number of methoxy groups -OCH3 is 6. The zero-order chi connectivity index (χ0) is 27.4. The number of nitrogens with one attached hydrogen (secondary N) is 1. The molecule has 2 aromatic rings. The molecule has 0 fully saturated rings. The Bertz CT molecular complexity index is 1090. The van der Waals surface area contributed by atoms with Gasteiger partial charge in [0.15, 0.2) is 23.0 Å². The third kappa shape index (κ3) is 8.09. The summed E-state index contributed by atoms with van der Waals surface area (Å²) in [6.45, 7) is 1.80. The van der Waals surface area contributed by atoms with Gasteiger partial charge in [-0.1, -0.05) is 0 Å². The van der Waals surface area contributed by atoms with Gasteiger partial charge in [-0.2, -0.15) is 0 Å². The van der Waals surface area contributed by atoms with E-state index in [9.17, 15) is 9.59 Å². The summed E-state index contributed by atoms with van der Waals surface area (Å²) in [5.41, 5.74) is 1.34. The van der Waals surface area contributed by atoms with Crippen molar-refractivity contribution in [1.82, 2.24) is 5.32 Å². The molecule has 0 aliphatic heterocycles. The summed E-state index contributed by atoms with van der Waals surface area (Å²) >= 11 is 0. The molecule has 0 radical (unpaired) electrons. The normalized spacial score (nSPS) is 11.6. The predicted molar refractivity (Wildman–Crippen MR) is 139 cm³/mol. The Morgan fingerprint density at radius 3 is 1.49 bits per heavy atom. The van der Waals surface area contributed by atoms with Gasteiger partial charge in [-0.15, -0.1) is 0 Å². The van der Waals surface area contributed by atoms with Crippen LogP contribution in [0.1, 0.15) is 18.1 Å². The molecule has 10 heteroatoms. The number of carbonyl (C=O) groups is 2. The molecule has 0 heterocycles. The Morgan fingerprint density at radius 1 is 0.703 bits per heavy atom. The lowest BCUT2D eigenvalue weighted by Crippen LogP contribution is -2.31. The molecule has 1 N–H and O–H groups in total. The van der Waals surface area contributed by atoms with E-state index in [-0.39, 0.29) is 12.5 Å². The monoisotopic (exact) mass is 515 g/mol. The lowest BCUT2D eigenvalue weighted by atomic mass is 10.1. The molecule has 0 aromatic heterocycles. The second-order valence-corrected chi connectivity index (χ2v) is 7.58. The van der Waals surface area contributed by atoms with Gasteiger partial charge in [0.05, 0.1) is 49.2 Å². The number of esters is 1. The van der Waals surface area contributed by atoms with Crippen molar-refractivity contribution in [2.24, 2.45) is 0 Å². The first kappa shape index (κ1) is 28.9. The van der Waals surface area contributed by atoms with Crippen LogP contribution in [0.5, 0.6) is 34.5 Å². The van der Waals surface area contributed by atoms with Gasteiger partial charge in [-0.05, 0) is 54.5 Å². The summed E-state index contributed by atoms with van der Waals surface area (Å²) in [4.78, 5) is 24.5. The van der Waals surface area contributed by atoms with Gasteiger partial charge in [0.25, 0.3) is 0 Å². The van der Waals surface area contributed by atoms with Crippen LogP contribution in [0.3, 0.4) is 0 Å². The van der Waals surface area contributed by atoms with E-state index in [0.717, 1.165) is 0 Å². The average Bonchev–Trinajstić information content (AvgIpc) is 2.92. The molecule has 1 atom stereocenters. The largest absolute Gasteiger partial charge is 0.493 e. The van der Waals surface area contributed by atoms with Crippen molar-refractivity contribution in [1.29, 1.82) is 0 Å². The van der Waals surface area contributed by atoms with Crippen molar-refractivity contribution in [3.8, 4) is 34.5 Å². The fourth-order valence-electron chi connectivity index (χ4n) is 3.31. The molecule has 2 rings (SSSR count). The van der Waals surface area contributed by atoms with E-state index in [2.05, 4.69) is 5.32 Å². The van der Waals surface area contributed by atoms with Crippen molar-refractivity contribution >= 4 is 24.0 Å². The molecule has 1 amide bonds. The van der Waals surface area contributed by atoms with Crippen LogP contribution in [0, 0.1) is 0 Å². The number of carbonyl (C=O) groups excluding carboxylic acids is 2. The smallest absolute Gasteiger partial charge is 0.331 e. The molecule has 0 saturated carbocycles. The first-order chi connectivity index (χ1) is 17.8. The van der Waals surface area contributed by atoms with Gasteiger partial charge in [0.2, 0.25) is 17.4 Å². The molecule has 0 aliphatic carbocycles. The van der Waals surface area contributed by atoms with Crippen molar-refractivity contribution in [2.45, 2.75) is 13.0 Å². The first-order valence-electron chi connectivity index (χ1n) is 11.2. The second-order valence-electron chi connectivity index (χ2n) is 7.58. The maximum absolute atomic E-state index is 12.2. The SMILES string of the molecule is COc1cc(C=CC(=O)NCC(C)OC(=O)C=Cc2cc(OC)c(OC)c(OC)c2)cc(OC)c1OC. The maximum Gasteiger partial charge on any atom is 0.331 e. The minimum Gasteiger partial charge on any atom is -0.493 e. The maximum atomic E-state index is 12.2. The summed E-state index contributed by atoms with van der Waals surface area (Å²) in [5.74, 6) is 1.86. The number of ether oxygens (including phenoxy) is 7. The van der Waals surface area contributed by atoms with Gasteiger partial charge >= 0.3 is 5.97 Å². The van der Waals surface area contributed by atoms with E-state index in [1.54, 1.807) is 43.3 Å². The molecular formula is C27H33NO9. The van der Waals surface area contributed by atoms with Crippen LogP contribution in [0.4, 0.5) is 0 Å².